The summed E-state index contributed by atoms with van der Waals surface area (Å²) in [5, 5.41) is 9.56. The van der Waals surface area contributed by atoms with Gasteiger partial charge in [0.05, 0.1) is 12.0 Å². The third kappa shape index (κ3) is 3.99. The van der Waals surface area contributed by atoms with Crippen molar-refractivity contribution in [2.75, 3.05) is 27.2 Å². The maximum absolute atomic E-state index is 9.56. The lowest BCUT2D eigenvalue weighted by Gasteiger charge is -2.47. The smallest absolute Gasteiger partial charge is 0.0672 e. The van der Waals surface area contributed by atoms with Crippen LogP contribution in [0, 0.1) is 28.6 Å². The van der Waals surface area contributed by atoms with Gasteiger partial charge in [0, 0.05) is 18.6 Å². The Morgan fingerprint density at radius 1 is 1.19 bits per heavy atom. The summed E-state index contributed by atoms with van der Waals surface area (Å²) in [5.74, 6) is 0.969. The van der Waals surface area contributed by atoms with Gasteiger partial charge in [0.2, 0.25) is 0 Å². The Hall–Kier alpha value is -0.590. The van der Waals surface area contributed by atoms with E-state index in [-0.39, 0.29) is 5.92 Å². The molecule has 1 aliphatic heterocycles. The van der Waals surface area contributed by atoms with Gasteiger partial charge in [-0.1, -0.05) is 20.8 Å². The van der Waals surface area contributed by atoms with Crippen molar-refractivity contribution in [2.45, 2.75) is 65.0 Å². The molecule has 2 fully saturated rings. The third-order valence-corrected chi connectivity index (χ3v) is 5.91. The monoisotopic (exact) mass is 291 g/mol. The molecule has 1 saturated carbocycles. The Labute approximate surface area is 131 Å². The van der Waals surface area contributed by atoms with Crippen LogP contribution in [0.1, 0.15) is 52.9 Å². The molecule has 120 valence electrons. The number of rotatable bonds is 2. The molecule has 2 rings (SSSR count). The minimum absolute atomic E-state index is 0.223. The Balaban J connectivity index is 2.07. The highest BCUT2D eigenvalue weighted by atomic mass is 15.2. The van der Waals surface area contributed by atoms with Gasteiger partial charge in [-0.3, -0.25) is 4.90 Å². The van der Waals surface area contributed by atoms with Crippen LogP contribution in [0.5, 0.6) is 0 Å². The van der Waals surface area contributed by atoms with Crippen LogP contribution < -0.4 is 0 Å². The first kappa shape index (κ1) is 16.8. The fraction of sp³-hybridized carbons (Fsp3) is 0.944. The van der Waals surface area contributed by atoms with Gasteiger partial charge < -0.3 is 4.90 Å². The van der Waals surface area contributed by atoms with E-state index in [0.717, 1.165) is 18.9 Å². The molecule has 1 saturated heterocycles. The van der Waals surface area contributed by atoms with Gasteiger partial charge in [-0.05, 0) is 64.1 Å². The highest BCUT2D eigenvalue weighted by Crippen LogP contribution is 2.41. The van der Waals surface area contributed by atoms with Gasteiger partial charge in [0.25, 0.3) is 0 Å². The Morgan fingerprint density at radius 2 is 1.90 bits per heavy atom. The van der Waals surface area contributed by atoms with E-state index in [4.69, 9.17) is 0 Å². The maximum Gasteiger partial charge on any atom is 0.0672 e. The van der Waals surface area contributed by atoms with Crippen molar-refractivity contribution in [3.8, 4) is 6.07 Å². The Kier molecular flexibility index (Phi) is 5.33. The van der Waals surface area contributed by atoms with E-state index in [1.807, 2.05) is 0 Å². The van der Waals surface area contributed by atoms with E-state index < -0.39 is 0 Å². The molecule has 0 spiro atoms. The van der Waals surface area contributed by atoms with Crippen LogP contribution in [0.25, 0.3) is 0 Å². The maximum atomic E-state index is 9.56. The predicted octanol–water partition coefficient (Wildman–Crippen LogP) is 3.37. The number of likely N-dealkylation sites (tertiary alicyclic amines) is 1. The molecule has 0 aromatic heterocycles. The minimum atomic E-state index is 0.223. The number of hydrogen-bond donors (Lipinski definition) is 0. The molecule has 1 aliphatic carbocycles. The molecule has 0 amide bonds. The summed E-state index contributed by atoms with van der Waals surface area (Å²) in [6.07, 6.45) is 6.07. The summed E-state index contributed by atoms with van der Waals surface area (Å²) >= 11 is 0. The summed E-state index contributed by atoms with van der Waals surface area (Å²) in [7, 11) is 4.49. The number of piperidine rings is 1. The van der Waals surface area contributed by atoms with Gasteiger partial charge in [-0.25, -0.2) is 0 Å². The zero-order chi connectivity index (χ0) is 15.6. The predicted molar refractivity (Wildman–Crippen MR) is 88.0 cm³/mol. The van der Waals surface area contributed by atoms with E-state index in [9.17, 15) is 5.26 Å². The standard InChI is InChI=1S/C18H33N3/c1-18(2,3)15-9-8-14(12-19)17(11-15)21(5)16-7-6-10-20(4)13-16/h14-17H,6-11,13H2,1-5H3. The van der Waals surface area contributed by atoms with Crippen molar-refractivity contribution in [3.05, 3.63) is 0 Å². The van der Waals surface area contributed by atoms with Crippen LogP contribution in [0.4, 0.5) is 0 Å². The van der Waals surface area contributed by atoms with E-state index in [1.165, 1.54) is 32.2 Å². The summed E-state index contributed by atoms with van der Waals surface area (Å²) in [4.78, 5) is 5.00. The van der Waals surface area contributed by atoms with Crippen LogP contribution in [0.3, 0.4) is 0 Å². The fourth-order valence-electron chi connectivity index (χ4n) is 4.28. The quantitative estimate of drug-likeness (QED) is 0.781. The zero-order valence-electron chi connectivity index (χ0n) is 14.6. The molecule has 0 aromatic carbocycles. The Morgan fingerprint density at radius 3 is 2.48 bits per heavy atom. The van der Waals surface area contributed by atoms with Gasteiger partial charge in [-0.2, -0.15) is 5.26 Å². The van der Waals surface area contributed by atoms with Gasteiger partial charge >= 0.3 is 0 Å². The first-order chi connectivity index (χ1) is 9.82. The average Bonchev–Trinajstić information content (AvgIpc) is 2.44. The molecule has 0 radical (unpaired) electrons. The first-order valence-corrected chi connectivity index (χ1v) is 8.63. The Bertz CT molecular complexity index is 379. The molecular formula is C18H33N3. The first-order valence-electron chi connectivity index (χ1n) is 8.63. The fourth-order valence-corrected chi connectivity index (χ4v) is 4.28. The lowest BCUT2D eigenvalue weighted by atomic mass is 9.67. The van der Waals surface area contributed by atoms with Crippen LogP contribution in [0.15, 0.2) is 0 Å². The van der Waals surface area contributed by atoms with Crippen molar-refractivity contribution >= 4 is 0 Å². The largest absolute Gasteiger partial charge is 0.305 e. The van der Waals surface area contributed by atoms with Crippen molar-refractivity contribution in [2.24, 2.45) is 17.3 Å². The number of likely N-dealkylation sites (N-methyl/N-ethyl adjacent to an activating group) is 2. The summed E-state index contributed by atoms with van der Waals surface area (Å²) in [6, 6.07) is 3.68. The molecule has 1 heterocycles. The van der Waals surface area contributed by atoms with Crippen LogP contribution in [-0.4, -0.2) is 49.1 Å². The van der Waals surface area contributed by atoms with E-state index in [2.05, 4.69) is 50.7 Å². The molecule has 0 bridgehead atoms. The van der Waals surface area contributed by atoms with Crippen LogP contribution in [0.2, 0.25) is 0 Å². The van der Waals surface area contributed by atoms with Crippen LogP contribution in [-0.2, 0) is 0 Å². The second-order valence-corrected chi connectivity index (χ2v) is 8.40. The van der Waals surface area contributed by atoms with Crippen molar-refractivity contribution in [3.63, 3.8) is 0 Å². The molecule has 3 nitrogen and oxygen atoms in total. The third-order valence-electron chi connectivity index (χ3n) is 5.91. The lowest BCUT2D eigenvalue weighted by Crippen LogP contribution is -2.53. The molecular weight excluding hydrogens is 258 g/mol. The molecule has 4 atom stereocenters. The van der Waals surface area contributed by atoms with Crippen molar-refractivity contribution < 1.29 is 0 Å². The molecule has 0 N–H and O–H groups in total. The number of hydrogen-bond acceptors (Lipinski definition) is 3. The van der Waals surface area contributed by atoms with E-state index >= 15 is 0 Å². The highest BCUT2D eigenvalue weighted by molar-refractivity contribution is 5.00. The lowest BCUT2D eigenvalue weighted by molar-refractivity contribution is 0.0291. The minimum Gasteiger partial charge on any atom is -0.305 e. The molecule has 0 aromatic rings. The SMILES string of the molecule is CN1CCCC(N(C)C2CC(C(C)(C)C)CCC2C#N)C1. The molecule has 3 heteroatoms. The zero-order valence-corrected chi connectivity index (χ0v) is 14.6. The summed E-state index contributed by atoms with van der Waals surface area (Å²) in [6.45, 7) is 9.45. The topological polar surface area (TPSA) is 30.3 Å². The molecule has 4 unspecified atom stereocenters. The normalized spacial score (nSPS) is 35.7. The van der Waals surface area contributed by atoms with Crippen LogP contribution >= 0.6 is 0 Å². The van der Waals surface area contributed by atoms with Gasteiger partial charge in [0.15, 0.2) is 0 Å². The second-order valence-electron chi connectivity index (χ2n) is 8.40. The van der Waals surface area contributed by atoms with E-state index in [0.29, 0.717) is 17.5 Å². The average molecular weight is 291 g/mol. The number of nitrogens with zero attached hydrogens (tertiary/aromatic N) is 3. The van der Waals surface area contributed by atoms with Crippen molar-refractivity contribution in [1.82, 2.24) is 9.80 Å². The van der Waals surface area contributed by atoms with Crippen molar-refractivity contribution in [1.29, 1.82) is 5.26 Å². The highest BCUT2D eigenvalue weighted by Gasteiger charge is 2.39. The summed E-state index contributed by atoms with van der Waals surface area (Å²) in [5.41, 5.74) is 0.364. The molecule has 21 heavy (non-hydrogen) atoms. The van der Waals surface area contributed by atoms with Gasteiger partial charge in [0.1, 0.15) is 0 Å². The van der Waals surface area contributed by atoms with E-state index in [1.54, 1.807) is 0 Å². The molecule has 2 aliphatic rings. The second kappa shape index (κ2) is 6.67. The van der Waals surface area contributed by atoms with Gasteiger partial charge in [-0.15, -0.1) is 0 Å². The summed E-state index contributed by atoms with van der Waals surface area (Å²) < 4.78 is 0. The number of nitriles is 1.